The van der Waals surface area contributed by atoms with Crippen molar-refractivity contribution in [3.05, 3.63) is 53.4 Å². The number of nitrogens with one attached hydrogen (secondary N) is 3. The minimum atomic E-state index is -0.538. The summed E-state index contributed by atoms with van der Waals surface area (Å²) in [4.78, 5) is 20.8. The Morgan fingerprint density at radius 2 is 2.03 bits per heavy atom. The van der Waals surface area contributed by atoms with Crippen molar-refractivity contribution in [2.45, 2.75) is 32.2 Å². The SMILES string of the molecule is Cc1c(-c2cc3cc(Nc4cc5n(n4)CC(=O)NCC5)ncc3c(N)c2F)cnc2c1NCCC2C#N. The Hall–Kier alpha value is -4.72. The molecule has 2 aliphatic rings. The number of anilines is 4. The standard InChI is InChI=1S/C26H24FN9O/c1-13-18(10-33-26-14(9-28)2-4-31-25(13)26)17-6-15-7-20(32-11-19(15)24(29)23(17)27)34-21-8-16-3-5-30-22(37)12-36(16)35-21/h6-8,10-11,14,31H,2-5,12,29H2,1H3,(H,30,37)(H,32,34,35). The molecule has 0 bridgehead atoms. The quantitative estimate of drug-likeness (QED) is 0.315. The number of pyridine rings is 2. The fraction of sp³-hybridized carbons (Fsp3) is 0.269. The molecule has 5 N–H and O–H groups in total. The number of carbonyl (C=O) groups excluding carboxylic acids is 1. The van der Waals surface area contributed by atoms with E-state index in [0.717, 1.165) is 16.9 Å². The molecule has 37 heavy (non-hydrogen) atoms. The van der Waals surface area contributed by atoms with Crippen LogP contribution in [-0.2, 0) is 17.8 Å². The van der Waals surface area contributed by atoms with Gasteiger partial charge in [0.2, 0.25) is 5.91 Å². The van der Waals surface area contributed by atoms with Crippen molar-refractivity contribution >= 4 is 39.7 Å². The van der Waals surface area contributed by atoms with Gasteiger partial charge in [-0.3, -0.25) is 14.5 Å². The number of nitrogens with zero attached hydrogens (tertiary/aromatic N) is 5. The molecule has 0 aliphatic carbocycles. The first kappa shape index (κ1) is 22.7. The monoisotopic (exact) mass is 497 g/mol. The number of fused-ring (bicyclic) bond motifs is 3. The number of amides is 1. The van der Waals surface area contributed by atoms with Crippen molar-refractivity contribution in [3.63, 3.8) is 0 Å². The van der Waals surface area contributed by atoms with E-state index < -0.39 is 5.82 Å². The minimum Gasteiger partial charge on any atom is -0.396 e. The summed E-state index contributed by atoms with van der Waals surface area (Å²) < 4.78 is 17.2. The van der Waals surface area contributed by atoms with Crippen LogP contribution in [0.15, 0.2) is 30.6 Å². The summed E-state index contributed by atoms with van der Waals surface area (Å²) in [6.45, 7) is 3.28. The Kier molecular flexibility index (Phi) is 5.37. The summed E-state index contributed by atoms with van der Waals surface area (Å²) in [6.07, 6.45) is 4.51. The van der Waals surface area contributed by atoms with Crippen LogP contribution in [0.3, 0.4) is 0 Å². The van der Waals surface area contributed by atoms with E-state index in [0.29, 0.717) is 65.2 Å². The van der Waals surface area contributed by atoms with Crippen LogP contribution in [0.2, 0.25) is 0 Å². The van der Waals surface area contributed by atoms with Crippen molar-refractivity contribution in [1.29, 1.82) is 5.26 Å². The number of halogens is 1. The Morgan fingerprint density at radius 3 is 2.86 bits per heavy atom. The maximum Gasteiger partial charge on any atom is 0.241 e. The molecule has 1 amide bonds. The van der Waals surface area contributed by atoms with E-state index >= 15 is 4.39 Å². The molecular formula is C26H24FN9O. The van der Waals surface area contributed by atoms with E-state index in [1.54, 1.807) is 23.0 Å². The van der Waals surface area contributed by atoms with Crippen molar-refractivity contribution < 1.29 is 9.18 Å². The molecule has 1 unspecified atom stereocenters. The molecule has 6 rings (SSSR count). The molecule has 2 aliphatic heterocycles. The molecule has 0 radical (unpaired) electrons. The summed E-state index contributed by atoms with van der Waals surface area (Å²) in [5, 5.41) is 24.5. The fourth-order valence-electron chi connectivity index (χ4n) is 5.05. The number of nitriles is 1. The zero-order valence-corrected chi connectivity index (χ0v) is 20.1. The van der Waals surface area contributed by atoms with Gasteiger partial charge in [0.25, 0.3) is 0 Å². The highest BCUT2D eigenvalue weighted by atomic mass is 19.1. The smallest absolute Gasteiger partial charge is 0.241 e. The van der Waals surface area contributed by atoms with E-state index in [2.05, 4.69) is 37.1 Å². The van der Waals surface area contributed by atoms with Gasteiger partial charge in [-0.15, -0.1) is 0 Å². The van der Waals surface area contributed by atoms with Gasteiger partial charge >= 0.3 is 0 Å². The highest BCUT2D eigenvalue weighted by Gasteiger charge is 2.25. The van der Waals surface area contributed by atoms with Crippen LogP contribution >= 0.6 is 0 Å². The molecule has 1 aromatic carbocycles. The average molecular weight is 498 g/mol. The molecule has 5 heterocycles. The number of carbonyl (C=O) groups is 1. The van der Waals surface area contributed by atoms with Gasteiger partial charge in [0, 0.05) is 60.2 Å². The number of aromatic nitrogens is 4. The molecular weight excluding hydrogens is 473 g/mol. The van der Waals surface area contributed by atoms with Crippen molar-refractivity contribution in [2.75, 3.05) is 29.5 Å². The predicted octanol–water partition coefficient (Wildman–Crippen LogP) is 3.36. The highest BCUT2D eigenvalue weighted by Crippen LogP contribution is 2.40. The van der Waals surface area contributed by atoms with Crippen molar-refractivity contribution in [1.82, 2.24) is 25.1 Å². The molecule has 0 saturated heterocycles. The third kappa shape index (κ3) is 3.87. The van der Waals surface area contributed by atoms with Crippen LogP contribution in [0.1, 0.15) is 29.3 Å². The Bertz CT molecular complexity index is 1620. The van der Waals surface area contributed by atoms with E-state index in [9.17, 15) is 10.1 Å². The molecule has 0 spiro atoms. The van der Waals surface area contributed by atoms with Gasteiger partial charge in [-0.05, 0) is 36.4 Å². The molecule has 0 fully saturated rings. The van der Waals surface area contributed by atoms with Crippen LogP contribution in [0.5, 0.6) is 0 Å². The molecule has 3 aromatic heterocycles. The zero-order chi connectivity index (χ0) is 25.7. The van der Waals surface area contributed by atoms with E-state index in [1.165, 1.54) is 6.20 Å². The second-order valence-electron chi connectivity index (χ2n) is 9.30. The Morgan fingerprint density at radius 1 is 1.16 bits per heavy atom. The first-order valence-electron chi connectivity index (χ1n) is 12.0. The van der Waals surface area contributed by atoms with Crippen LogP contribution in [0, 0.1) is 24.1 Å². The fourth-order valence-corrected chi connectivity index (χ4v) is 5.05. The zero-order valence-electron chi connectivity index (χ0n) is 20.1. The lowest BCUT2D eigenvalue weighted by Gasteiger charge is -2.24. The number of benzene rings is 1. The van der Waals surface area contributed by atoms with Gasteiger partial charge in [-0.2, -0.15) is 10.4 Å². The van der Waals surface area contributed by atoms with Crippen LogP contribution < -0.4 is 21.7 Å². The van der Waals surface area contributed by atoms with Crippen molar-refractivity contribution in [3.8, 4) is 17.2 Å². The summed E-state index contributed by atoms with van der Waals surface area (Å²) in [5.74, 6) is 0.180. The lowest BCUT2D eigenvalue weighted by atomic mass is 9.91. The first-order valence-corrected chi connectivity index (χ1v) is 12.0. The van der Waals surface area contributed by atoms with E-state index in [1.807, 2.05) is 13.0 Å². The summed E-state index contributed by atoms with van der Waals surface area (Å²) >= 11 is 0. The average Bonchev–Trinajstić information content (AvgIpc) is 3.17. The molecule has 4 aromatic rings. The largest absolute Gasteiger partial charge is 0.396 e. The third-order valence-corrected chi connectivity index (χ3v) is 6.99. The minimum absolute atomic E-state index is 0.00579. The van der Waals surface area contributed by atoms with Gasteiger partial charge in [0.15, 0.2) is 11.6 Å². The van der Waals surface area contributed by atoms with E-state index in [-0.39, 0.29) is 24.1 Å². The van der Waals surface area contributed by atoms with Crippen LogP contribution in [-0.4, -0.2) is 38.7 Å². The topological polar surface area (TPSA) is 147 Å². The number of rotatable bonds is 3. The Balaban J connectivity index is 1.39. The van der Waals surface area contributed by atoms with Crippen molar-refractivity contribution in [2.24, 2.45) is 0 Å². The first-order chi connectivity index (χ1) is 17.9. The number of hydrogen-bond acceptors (Lipinski definition) is 8. The van der Waals surface area contributed by atoms with Gasteiger partial charge < -0.3 is 21.7 Å². The maximum atomic E-state index is 15.5. The lowest BCUT2D eigenvalue weighted by Crippen LogP contribution is -2.25. The van der Waals surface area contributed by atoms with Gasteiger partial charge in [0.05, 0.1) is 29.1 Å². The third-order valence-electron chi connectivity index (χ3n) is 6.99. The van der Waals surface area contributed by atoms with Crippen LogP contribution in [0.4, 0.5) is 27.4 Å². The molecule has 1 atom stereocenters. The van der Waals surface area contributed by atoms with Gasteiger partial charge in [0.1, 0.15) is 12.4 Å². The highest BCUT2D eigenvalue weighted by molar-refractivity contribution is 5.98. The number of hydrogen-bond donors (Lipinski definition) is 4. The lowest BCUT2D eigenvalue weighted by molar-refractivity contribution is -0.121. The van der Waals surface area contributed by atoms with Gasteiger partial charge in [-0.25, -0.2) is 9.37 Å². The Labute approximate surface area is 211 Å². The summed E-state index contributed by atoms with van der Waals surface area (Å²) in [5.41, 5.74) is 10.4. The second-order valence-corrected chi connectivity index (χ2v) is 9.30. The molecule has 10 nitrogen and oxygen atoms in total. The predicted molar refractivity (Wildman–Crippen MR) is 138 cm³/mol. The molecule has 186 valence electrons. The summed E-state index contributed by atoms with van der Waals surface area (Å²) in [7, 11) is 0. The normalized spacial score (nSPS) is 16.7. The van der Waals surface area contributed by atoms with Crippen LogP contribution in [0.25, 0.3) is 21.9 Å². The summed E-state index contributed by atoms with van der Waals surface area (Å²) in [6, 6.07) is 7.72. The number of nitrogens with two attached hydrogens (primary N) is 1. The molecule has 11 heteroatoms. The molecule has 0 saturated carbocycles. The maximum absolute atomic E-state index is 15.5. The van der Waals surface area contributed by atoms with E-state index in [4.69, 9.17) is 5.73 Å². The second kappa shape index (κ2) is 8.74. The number of nitrogen functional groups attached to an aromatic ring is 1. The van der Waals surface area contributed by atoms with Gasteiger partial charge in [-0.1, -0.05) is 0 Å².